The zero-order valence-corrected chi connectivity index (χ0v) is 14.7. The Bertz CT molecular complexity index is 808. The van der Waals surface area contributed by atoms with Gasteiger partial charge < -0.3 is 10.4 Å². The number of rotatable bonds is 4. The Kier molecular flexibility index (Phi) is 4.62. The molecule has 1 saturated heterocycles. The third kappa shape index (κ3) is 3.43. The summed E-state index contributed by atoms with van der Waals surface area (Å²) >= 11 is 0. The fourth-order valence-corrected chi connectivity index (χ4v) is 3.53. The number of carboxylic acids is 1. The van der Waals surface area contributed by atoms with Gasteiger partial charge in [-0.1, -0.05) is 49.7 Å². The first-order valence-electron chi connectivity index (χ1n) is 8.60. The highest BCUT2D eigenvalue weighted by molar-refractivity contribution is 5.92. The molecule has 0 aromatic heterocycles. The van der Waals surface area contributed by atoms with Gasteiger partial charge in [0.1, 0.15) is 0 Å². The Morgan fingerprint density at radius 1 is 1.12 bits per heavy atom. The van der Waals surface area contributed by atoms with Gasteiger partial charge in [0.05, 0.1) is 11.5 Å². The van der Waals surface area contributed by atoms with Crippen LogP contribution in [0.2, 0.25) is 0 Å². The Hall–Kier alpha value is -2.62. The molecule has 0 spiro atoms. The first kappa shape index (κ1) is 17.2. The van der Waals surface area contributed by atoms with Gasteiger partial charge in [-0.3, -0.25) is 4.79 Å². The van der Waals surface area contributed by atoms with Gasteiger partial charge in [0.25, 0.3) is 0 Å². The van der Waals surface area contributed by atoms with Crippen molar-refractivity contribution in [3.63, 3.8) is 0 Å². The molecule has 130 valence electrons. The zero-order chi connectivity index (χ0) is 18.1. The second-order valence-electron chi connectivity index (χ2n) is 7.15. The quantitative estimate of drug-likeness (QED) is 0.890. The highest BCUT2D eigenvalue weighted by Gasteiger charge is 2.38. The van der Waals surface area contributed by atoms with Gasteiger partial charge in [-0.2, -0.15) is 0 Å². The van der Waals surface area contributed by atoms with E-state index in [1.165, 1.54) is 0 Å². The SMILES string of the molecule is Cc1ccc(-c2cc(C(=O)O)cc([C@@H]3C(=O)NCC3C(C)C)c2)cc1. The molecular weight excluding hydrogens is 314 g/mol. The smallest absolute Gasteiger partial charge is 0.335 e. The van der Waals surface area contributed by atoms with Crippen molar-refractivity contribution < 1.29 is 14.7 Å². The molecule has 1 unspecified atom stereocenters. The van der Waals surface area contributed by atoms with Crippen LogP contribution in [0, 0.1) is 18.8 Å². The molecule has 4 nitrogen and oxygen atoms in total. The summed E-state index contributed by atoms with van der Waals surface area (Å²) in [6, 6.07) is 13.2. The molecule has 0 bridgehead atoms. The molecule has 1 heterocycles. The molecular formula is C21H23NO3. The highest BCUT2D eigenvalue weighted by Crippen LogP contribution is 2.36. The number of hydrogen-bond donors (Lipinski definition) is 2. The van der Waals surface area contributed by atoms with Crippen LogP contribution in [0.15, 0.2) is 42.5 Å². The zero-order valence-electron chi connectivity index (χ0n) is 14.7. The summed E-state index contributed by atoms with van der Waals surface area (Å²) < 4.78 is 0. The molecule has 0 radical (unpaired) electrons. The van der Waals surface area contributed by atoms with Gasteiger partial charge in [0.15, 0.2) is 0 Å². The van der Waals surface area contributed by atoms with Crippen molar-refractivity contribution in [1.29, 1.82) is 0 Å². The van der Waals surface area contributed by atoms with Crippen LogP contribution >= 0.6 is 0 Å². The molecule has 3 rings (SSSR count). The third-order valence-electron chi connectivity index (χ3n) is 5.03. The van der Waals surface area contributed by atoms with Crippen LogP contribution in [0.3, 0.4) is 0 Å². The molecule has 25 heavy (non-hydrogen) atoms. The van der Waals surface area contributed by atoms with Gasteiger partial charge in [-0.15, -0.1) is 0 Å². The largest absolute Gasteiger partial charge is 0.478 e. The fourth-order valence-electron chi connectivity index (χ4n) is 3.53. The predicted molar refractivity (Wildman–Crippen MR) is 97.7 cm³/mol. The van der Waals surface area contributed by atoms with E-state index in [0.717, 1.165) is 22.3 Å². The van der Waals surface area contributed by atoms with Gasteiger partial charge >= 0.3 is 5.97 Å². The minimum Gasteiger partial charge on any atom is -0.478 e. The van der Waals surface area contributed by atoms with Crippen molar-refractivity contribution in [2.24, 2.45) is 11.8 Å². The minimum absolute atomic E-state index is 0.0175. The predicted octanol–water partition coefficient (Wildman–Crippen LogP) is 3.85. The van der Waals surface area contributed by atoms with Crippen LogP contribution in [0.25, 0.3) is 11.1 Å². The van der Waals surface area contributed by atoms with E-state index in [2.05, 4.69) is 19.2 Å². The van der Waals surface area contributed by atoms with Crippen LogP contribution in [-0.4, -0.2) is 23.5 Å². The molecule has 0 aliphatic carbocycles. The molecule has 2 atom stereocenters. The standard InChI is InChI=1S/C21H23NO3/c1-12(2)18-11-22-20(23)19(18)16-8-15(9-17(10-16)21(24)25)14-6-4-13(3)5-7-14/h4-10,12,18-19H,11H2,1-3H3,(H,22,23)(H,24,25)/t18?,19-/m0/s1. The lowest BCUT2D eigenvalue weighted by atomic mass is 9.80. The topological polar surface area (TPSA) is 66.4 Å². The van der Waals surface area contributed by atoms with Crippen LogP contribution in [0.1, 0.15) is 41.3 Å². The van der Waals surface area contributed by atoms with E-state index in [9.17, 15) is 14.7 Å². The number of nitrogens with one attached hydrogen (secondary N) is 1. The van der Waals surface area contributed by atoms with Gasteiger partial charge in [-0.05, 0) is 47.6 Å². The number of carbonyl (C=O) groups excluding carboxylic acids is 1. The van der Waals surface area contributed by atoms with E-state index >= 15 is 0 Å². The van der Waals surface area contributed by atoms with Crippen LogP contribution in [0.4, 0.5) is 0 Å². The molecule has 2 aromatic carbocycles. The maximum absolute atomic E-state index is 12.4. The average Bonchev–Trinajstić information content (AvgIpc) is 2.97. The monoisotopic (exact) mass is 337 g/mol. The van der Waals surface area contributed by atoms with Crippen LogP contribution in [0.5, 0.6) is 0 Å². The number of carboxylic acid groups (broad SMARTS) is 1. The maximum atomic E-state index is 12.4. The lowest BCUT2D eigenvalue weighted by Gasteiger charge is -2.21. The third-order valence-corrected chi connectivity index (χ3v) is 5.03. The lowest BCUT2D eigenvalue weighted by molar-refractivity contribution is -0.120. The molecule has 1 aliphatic rings. The number of hydrogen-bond acceptors (Lipinski definition) is 2. The van der Waals surface area contributed by atoms with E-state index in [0.29, 0.717) is 12.5 Å². The Balaban J connectivity index is 2.11. The number of benzene rings is 2. The summed E-state index contributed by atoms with van der Waals surface area (Å²) in [6.45, 7) is 6.84. The first-order chi connectivity index (χ1) is 11.9. The summed E-state index contributed by atoms with van der Waals surface area (Å²) in [5.41, 5.74) is 3.93. The number of carbonyl (C=O) groups is 2. The molecule has 1 aliphatic heterocycles. The van der Waals surface area contributed by atoms with Crippen molar-refractivity contribution in [2.45, 2.75) is 26.7 Å². The van der Waals surface area contributed by atoms with Crippen molar-refractivity contribution >= 4 is 11.9 Å². The minimum atomic E-state index is -0.977. The molecule has 2 N–H and O–H groups in total. The van der Waals surface area contributed by atoms with Crippen molar-refractivity contribution in [2.75, 3.05) is 6.54 Å². The van der Waals surface area contributed by atoms with Crippen molar-refractivity contribution in [1.82, 2.24) is 5.32 Å². The number of aryl methyl sites for hydroxylation is 1. The van der Waals surface area contributed by atoms with Crippen molar-refractivity contribution in [3.8, 4) is 11.1 Å². The Morgan fingerprint density at radius 2 is 1.80 bits per heavy atom. The molecule has 2 aromatic rings. The van der Waals surface area contributed by atoms with Gasteiger partial charge in [0.2, 0.25) is 5.91 Å². The van der Waals surface area contributed by atoms with E-state index in [1.54, 1.807) is 12.1 Å². The summed E-state index contributed by atoms with van der Waals surface area (Å²) in [7, 11) is 0. The summed E-state index contributed by atoms with van der Waals surface area (Å²) in [5, 5.41) is 12.4. The normalized spacial score (nSPS) is 19.9. The van der Waals surface area contributed by atoms with E-state index in [1.807, 2.05) is 37.3 Å². The second kappa shape index (κ2) is 6.71. The Labute approximate surface area is 147 Å². The van der Waals surface area contributed by atoms with Crippen LogP contribution in [-0.2, 0) is 4.79 Å². The molecule has 1 fully saturated rings. The van der Waals surface area contributed by atoms with E-state index in [4.69, 9.17) is 0 Å². The summed E-state index contributed by atoms with van der Waals surface area (Å²) in [4.78, 5) is 24.0. The lowest BCUT2D eigenvalue weighted by Crippen LogP contribution is -2.20. The van der Waals surface area contributed by atoms with E-state index in [-0.39, 0.29) is 23.3 Å². The fraction of sp³-hybridized carbons (Fsp3) is 0.333. The van der Waals surface area contributed by atoms with Crippen LogP contribution < -0.4 is 5.32 Å². The number of aromatic carboxylic acids is 1. The molecule has 1 amide bonds. The highest BCUT2D eigenvalue weighted by atomic mass is 16.4. The average molecular weight is 337 g/mol. The molecule has 0 saturated carbocycles. The van der Waals surface area contributed by atoms with Crippen molar-refractivity contribution in [3.05, 3.63) is 59.2 Å². The second-order valence-corrected chi connectivity index (χ2v) is 7.15. The summed E-state index contributed by atoms with van der Waals surface area (Å²) in [6.07, 6.45) is 0. The maximum Gasteiger partial charge on any atom is 0.335 e. The first-order valence-corrected chi connectivity index (χ1v) is 8.60. The Morgan fingerprint density at radius 3 is 2.40 bits per heavy atom. The van der Waals surface area contributed by atoms with Gasteiger partial charge in [0, 0.05) is 6.54 Å². The summed E-state index contributed by atoms with van der Waals surface area (Å²) in [5.74, 6) is -0.794. The molecule has 4 heteroatoms. The number of amides is 1. The van der Waals surface area contributed by atoms with E-state index < -0.39 is 5.97 Å². The van der Waals surface area contributed by atoms with Gasteiger partial charge in [-0.25, -0.2) is 4.79 Å².